The Balaban J connectivity index is 0.938. The number of aryl methyl sites for hydroxylation is 2. The molecule has 7 aromatic rings. The number of carbonyl (C=O) groups excluding carboxylic acids is 1. The molecule has 2 atom stereocenters. The van der Waals surface area contributed by atoms with Gasteiger partial charge in [0.2, 0.25) is 5.95 Å². The molecule has 3 aromatic heterocycles. The maximum Gasteiger partial charge on any atom is 0.410 e. The molecule has 0 spiro atoms. The SMILES string of the molecule is Cc1ccc(S(=O)(=O)n2ccc3c(-c4ccc5nc(N6CC(OC7CCN(C(=O)OCc8ccccc8)CC7)C6)nc(C(COC6CCCCO6)(OC6CC6)c6ccccc6)c5c4)cn(C)c(=O)c32)cc1. The first-order valence-electron chi connectivity index (χ1n) is 24.7. The minimum Gasteiger partial charge on any atom is -0.445 e. The molecule has 2 unspecified atom stereocenters. The number of hydrogen-bond donors (Lipinski definition) is 0. The second-order valence-electron chi connectivity index (χ2n) is 19.3. The fourth-order valence-electron chi connectivity index (χ4n) is 9.94. The van der Waals surface area contributed by atoms with Crippen molar-refractivity contribution in [3.05, 3.63) is 154 Å². The predicted molar refractivity (Wildman–Crippen MR) is 269 cm³/mol. The van der Waals surface area contributed by atoms with Crippen LogP contribution in [0.3, 0.4) is 0 Å². The number of piperidine rings is 1. The van der Waals surface area contributed by atoms with Gasteiger partial charge in [-0.15, -0.1) is 0 Å². The van der Waals surface area contributed by atoms with Gasteiger partial charge in [0, 0.05) is 68.6 Å². The number of carbonyl (C=O) groups is 1. The second kappa shape index (κ2) is 19.6. The number of benzene rings is 4. The van der Waals surface area contributed by atoms with Crippen molar-refractivity contribution in [2.24, 2.45) is 7.05 Å². The first-order valence-corrected chi connectivity index (χ1v) is 26.1. The number of aromatic nitrogens is 4. The van der Waals surface area contributed by atoms with Gasteiger partial charge < -0.3 is 38.1 Å². The number of fused-ring (bicyclic) bond motifs is 2. The summed E-state index contributed by atoms with van der Waals surface area (Å²) in [5.74, 6) is 0.535. The summed E-state index contributed by atoms with van der Waals surface area (Å²) >= 11 is 0. The number of likely N-dealkylation sites (tertiary alicyclic amines) is 1. The van der Waals surface area contributed by atoms with Gasteiger partial charge in [0.1, 0.15) is 12.1 Å². The highest BCUT2D eigenvalue weighted by Gasteiger charge is 2.46. The molecule has 1 aliphatic carbocycles. The molecule has 11 rings (SSSR count). The highest BCUT2D eigenvalue weighted by Crippen LogP contribution is 2.45. The molecular weight excluding hydrogens is 921 g/mol. The van der Waals surface area contributed by atoms with Gasteiger partial charge in [-0.25, -0.2) is 27.2 Å². The number of anilines is 1. The topological polar surface area (TPSA) is 157 Å². The lowest BCUT2D eigenvalue weighted by atomic mass is 9.87. The number of amides is 1. The lowest BCUT2D eigenvalue weighted by molar-refractivity contribution is -0.197. The summed E-state index contributed by atoms with van der Waals surface area (Å²) in [6.07, 6.45) is 8.39. The third-order valence-corrected chi connectivity index (χ3v) is 15.8. The van der Waals surface area contributed by atoms with Crippen LogP contribution in [0.25, 0.3) is 32.9 Å². The van der Waals surface area contributed by atoms with Gasteiger partial charge >= 0.3 is 6.09 Å². The average Bonchev–Trinajstić information content (AvgIpc) is 4.09. The first-order chi connectivity index (χ1) is 34.5. The third-order valence-electron chi connectivity index (χ3n) is 14.1. The highest BCUT2D eigenvalue weighted by atomic mass is 32.2. The van der Waals surface area contributed by atoms with E-state index in [0.717, 1.165) is 63.7 Å². The highest BCUT2D eigenvalue weighted by molar-refractivity contribution is 7.90. The zero-order valence-electron chi connectivity index (χ0n) is 40.0. The van der Waals surface area contributed by atoms with Crippen LogP contribution >= 0.6 is 0 Å². The molecule has 71 heavy (non-hydrogen) atoms. The van der Waals surface area contributed by atoms with Crippen LogP contribution in [0, 0.1) is 6.92 Å². The van der Waals surface area contributed by atoms with Crippen LogP contribution in [0.15, 0.2) is 131 Å². The Hall–Kier alpha value is -6.43. The van der Waals surface area contributed by atoms with Crippen LogP contribution in [-0.2, 0) is 53.0 Å². The van der Waals surface area contributed by atoms with Gasteiger partial charge in [0.15, 0.2) is 11.9 Å². The average molecular weight is 979 g/mol. The van der Waals surface area contributed by atoms with Gasteiger partial charge in [-0.05, 0) is 98.9 Å². The molecular formula is C55H58N6O9S. The summed E-state index contributed by atoms with van der Waals surface area (Å²) in [4.78, 5) is 41.5. The molecule has 0 bridgehead atoms. The molecule has 16 heteroatoms. The zero-order valence-corrected chi connectivity index (χ0v) is 40.8. The Bertz CT molecular complexity index is 3220. The molecule has 3 aliphatic heterocycles. The minimum absolute atomic E-state index is 0.00669. The van der Waals surface area contributed by atoms with E-state index in [1.54, 1.807) is 48.5 Å². The normalized spacial score (nSPS) is 18.9. The lowest BCUT2D eigenvalue weighted by Gasteiger charge is -2.43. The van der Waals surface area contributed by atoms with E-state index in [-0.39, 0.29) is 48.0 Å². The van der Waals surface area contributed by atoms with E-state index >= 15 is 0 Å². The van der Waals surface area contributed by atoms with Crippen LogP contribution in [0.4, 0.5) is 10.7 Å². The smallest absolute Gasteiger partial charge is 0.410 e. The Morgan fingerprint density at radius 1 is 0.817 bits per heavy atom. The van der Waals surface area contributed by atoms with Crippen LogP contribution in [0.2, 0.25) is 0 Å². The summed E-state index contributed by atoms with van der Waals surface area (Å²) in [6.45, 7) is 5.17. The van der Waals surface area contributed by atoms with Crippen LogP contribution in [0.1, 0.15) is 67.3 Å². The van der Waals surface area contributed by atoms with E-state index in [4.69, 9.17) is 33.7 Å². The monoisotopic (exact) mass is 978 g/mol. The van der Waals surface area contributed by atoms with Gasteiger partial charge in [0.25, 0.3) is 15.6 Å². The Labute approximate surface area is 412 Å². The summed E-state index contributed by atoms with van der Waals surface area (Å²) in [6, 6.07) is 34.0. The lowest BCUT2D eigenvalue weighted by Crippen LogP contribution is -2.55. The van der Waals surface area contributed by atoms with E-state index < -0.39 is 27.5 Å². The molecule has 0 radical (unpaired) electrons. The van der Waals surface area contributed by atoms with E-state index in [9.17, 15) is 18.0 Å². The van der Waals surface area contributed by atoms with Crippen LogP contribution in [0.5, 0.6) is 0 Å². The van der Waals surface area contributed by atoms with Crippen molar-refractivity contribution in [3.63, 3.8) is 0 Å². The maximum atomic E-state index is 14.1. The number of ether oxygens (including phenoxy) is 5. The Morgan fingerprint density at radius 3 is 2.28 bits per heavy atom. The van der Waals surface area contributed by atoms with Crippen molar-refractivity contribution in [3.8, 4) is 11.1 Å². The number of pyridine rings is 1. The molecule has 4 aliphatic rings. The quantitative estimate of drug-likeness (QED) is 0.0968. The van der Waals surface area contributed by atoms with Crippen molar-refractivity contribution in [2.75, 3.05) is 44.3 Å². The fraction of sp³-hybridized carbons (Fsp3) is 0.382. The van der Waals surface area contributed by atoms with Gasteiger partial charge in [-0.2, -0.15) is 0 Å². The molecule has 4 fully saturated rings. The van der Waals surface area contributed by atoms with Crippen molar-refractivity contribution in [1.29, 1.82) is 0 Å². The van der Waals surface area contributed by atoms with Crippen LogP contribution < -0.4 is 10.5 Å². The predicted octanol–water partition coefficient (Wildman–Crippen LogP) is 8.47. The fourth-order valence-corrected chi connectivity index (χ4v) is 11.3. The minimum atomic E-state index is -4.12. The van der Waals surface area contributed by atoms with Crippen LogP contribution in [-0.4, -0.2) is 102 Å². The van der Waals surface area contributed by atoms with Crippen molar-refractivity contribution in [2.45, 2.75) is 93.6 Å². The molecule has 0 N–H and O–H groups in total. The number of hydrogen-bond acceptors (Lipinski definition) is 12. The molecule has 1 saturated carbocycles. The van der Waals surface area contributed by atoms with E-state index in [1.165, 1.54) is 10.8 Å². The third kappa shape index (κ3) is 9.58. The van der Waals surface area contributed by atoms with Crippen molar-refractivity contribution in [1.82, 2.24) is 23.4 Å². The molecule has 3 saturated heterocycles. The zero-order chi connectivity index (χ0) is 48.7. The summed E-state index contributed by atoms with van der Waals surface area (Å²) in [5.41, 5.74) is 3.87. The second-order valence-corrected chi connectivity index (χ2v) is 21.1. The maximum absolute atomic E-state index is 14.1. The Kier molecular flexibility index (Phi) is 13.0. The van der Waals surface area contributed by atoms with Gasteiger partial charge in [0.05, 0.1) is 41.0 Å². The Morgan fingerprint density at radius 2 is 1.56 bits per heavy atom. The van der Waals surface area contributed by atoms with Crippen molar-refractivity contribution < 1.29 is 36.9 Å². The molecule has 4 aromatic carbocycles. The molecule has 6 heterocycles. The van der Waals surface area contributed by atoms with Gasteiger partial charge in [-0.1, -0.05) is 84.4 Å². The van der Waals surface area contributed by atoms with Gasteiger partial charge in [-0.3, -0.25) is 4.79 Å². The number of nitrogens with zero attached hydrogens (tertiary/aromatic N) is 6. The van der Waals surface area contributed by atoms with E-state index in [1.807, 2.05) is 73.7 Å². The van der Waals surface area contributed by atoms with Crippen molar-refractivity contribution >= 4 is 43.9 Å². The summed E-state index contributed by atoms with van der Waals surface area (Å²) < 4.78 is 63.1. The number of rotatable bonds is 15. The molecule has 368 valence electrons. The van der Waals surface area contributed by atoms with E-state index in [2.05, 4.69) is 17.0 Å². The largest absolute Gasteiger partial charge is 0.445 e. The molecule has 15 nitrogen and oxygen atoms in total. The molecule has 1 amide bonds. The van der Waals surface area contributed by atoms with E-state index in [0.29, 0.717) is 73.7 Å². The standard InChI is InChI=1S/C55H58N6O9S/c1-37-16-21-44(22-17-37)71(64,65)61-29-26-45-47(34-58(2)52(62)50(45)61)39-18-23-48-46(31-39)51(55(70-42-19-20-42,40-13-7-4-8-14-40)36-68-49-15-9-10-30-66-49)57-53(56-48)60-32-43(33-60)69-41-24-27-59(28-25-41)54(63)67-35-38-11-5-3-6-12-38/h3-8,11-14,16-18,21-23,26,29,31,34,41-43,49H,9-10,15,19-20,24-25,27-28,30,32-33,35-36H2,1-2H3. The summed E-state index contributed by atoms with van der Waals surface area (Å²) in [5, 5.41) is 1.21. The summed E-state index contributed by atoms with van der Waals surface area (Å²) in [7, 11) is -2.48. The first kappa shape index (κ1) is 46.9.